The van der Waals surface area contributed by atoms with Crippen molar-refractivity contribution in [3.05, 3.63) is 56.5 Å². The van der Waals surface area contributed by atoms with E-state index in [2.05, 4.69) is 49.3 Å². The number of nitrogens with one attached hydrogen (secondary N) is 1. The summed E-state index contributed by atoms with van der Waals surface area (Å²) >= 11 is 7.06. The number of hydrogen-bond acceptors (Lipinski definition) is 3. The molecule has 0 amide bonds. The van der Waals surface area contributed by atoms with Crippen molar-refractivity contribution in [2.24, 2.45) is 0 Å². The molecule has 1 atom stereocenters. The van der Waals surface area contributed by atoms with Crippen molar-refractivity contribution >= 4 is 31.9 Å². The van der Waals surface area contributed by atoms with E-state index in [1.807, 2.05) is 31.3 Å². The predicted octanol–water partition coefficient (Wildman–Crippen LogP) is 4.54. The Morgan fingerprint density at radius 1 is 0.857 bits per heavy atom. The van der Waals surface area contributed by atoms with E-state index in [0.29, 0.717) is 0 Å². The van der Waals surface area contributed by atoms with Gasteiger partial charge in [-0.15, -0.1) is 0 Å². The van der Waals surface area contributed by atoms with Gasteiger partial charge in [0.05, 0.1) is 20.3 Å². The normalized spacial score (nSPS) is 12.0. The van der Waals surface area contributed by atoms with Crippen molar-refractivity contribution < 1.29 is 9.47 Å². The minimum absolute atomic E-state index is 0.0682. The Labute approximate surface area is 141 Å². The van der Waals surface area contributed by atoms with Crippen LogP contribution in [0.2, 0.25) is 0 Å². The SMILES string of the molecule is CNC(c1cc(Br)cc(Br)c1)c1ccc(OC)c(OC)c1. The first-order valence-electron chi connectivity index (χ1n) is 6.44. The van der Waals surface area contributed by atoms with Gasteiger partial charge in [-0.25, -0.2) is 0 Å². The van der Waals surface area contributed by atoms with Crippen LogP contribution in [-0.4, -0.2) is 21.3 Å². The van der Waals surface area contributed by atoms with E-state index in [-0.39, 0.29) is 6.04 Å². The highest BCUT2D eigenvalue weighted by atomic mass is 79.9. The number of ether oxygens (including phenoxy) is 2. The Morgan fingerprint density at radius 3 is 2.00 bits per heavy atom. The van der Waals surface area contributed by atoms with Gasteiger partial charge in [-0.3, -0.25) is 0 Å². The molecule has 0 aliphatic rings. The average molecular weight is 415 g/mol. The molecule has 3 nitrogen and oxygen atoms in total. The Hall–Kier alpha value is -1.04. The first-order chi connectivity index (χ1) is 10.1. The highest BCUT2D eigenvalue weighted by molar-refractivity contribution is 9.11. The molecule has 0 fully saturated rings. The van der Waals surface area contributed by atoms with Crippen molar-refractivity contribution in [1.82, 2.24) is 5.32 Å². The maximum atomic E-state index is 5.38. The molecule has 0 radical (unpaired) electrons. The third-order valence-corrected chi connectivity index (χ3v) is 4.16. The van der Waals surface area contributed by atoms with E-state index in [4.69, 9.17) is 9.47 Å². The molecule has 2 aromatic rings. The number of methoxy groups -OCH3 is 2. The van der Waals surface area contributed by atoms with E-state index in [0.717, 1.165) is 31.6 Å². The van der Waals surface area contributed by atoms with Gasteiger partial charge < -0.3 is 14.8 Å². The van der Waals surface area contributed by atoms with E-state index >= 15 is 0 Å². The molecule has 0 aromatic heterocycles. The van der Waals surface area contributed by atoms with E-state index in [1.54, 1.807) is 14.2 Å². The fourth-order valence-corrected chi connectivity index (χ4v) is 3.63. The van der Waals surface area contributed by atoms with Crippen LogP contribution in [0.4, 0.5) is 0 Å². The summed E-state index contributed by atoms with van der Waals surface area (Å²) in [6.07, 6.45) is 0. The minimum Gasteiger partial charge on any atom is -0.493 e. The second kappa shape index (κ2) is 7.29. The van der Waals surface area contributed by atoms with Crippen molar-refractivity contribution in [2.75, 3.05) is 21.3 Å². The quantitative estimate of drug-likeness (QED) is 0.779. The summed E-state index contributed by atoms with van der Waals surface area (Å²) < 4.78 is 12.7. The molecular weight excluding hydrogens is 398 g/mol. The lowest BCUT2D eigenvalue weighted by molar-refractivity contribution is 0.354. The molecule has 0 spiro atoms. The van der Waals surface area contributed by atoms with Crippen molar-refractivity contribution in [3.8, 4) is 11.5 Å². The molecular formula is C16H17Br2NO2. The van der Waals surface area contributed by atoms with Gasteiger partial charge in [-0.2, -0.15) is 0 Å². The first-order valence-corrected chi connectivity index (χ1v) is 8.02. The largest absolute Gasteiger partial charge is 0.493 e. The maximum Gasteiger partial charge on any atom is 0.161 e. The Balaban J connectivity index is 2.45. The molecule has 0 saturated heterocycles. The zero-order valence-electron chi connectivity index (χ0n) is 12.1. The van der Waals surface area contributed by atoms with Crippen molar-refractivity contribution in [3.63, 3.8) is 0 Å². The lowest BCUT2D eigenvalue weighted by Crippen LogP contribution is -2.17. The average Bonchev–Trinajstić information content (AvgIpc) is 2.46. The van der Waals surface area contributed by atoms with Gasteiger partial charge in [-0.1, -0.05) is 37.9 Å². The first kappa shape index (κ1) is 16.3. The Kier molecular flexibility index (Phi) is 5.67. The lowest BCUT2D eigenvalue weighted by Gasteiger charge is -2.19. The fraction of sp³-hybridized carbons (Fsp3) is 0.250. The van der Waals surface area contributed by atoms with E-state index in [1.165, 1.54) is 0 Å². The van der Waals surface area contributed by atoms with Gasteiger partial charge in [-0.05, 0) is 48.5 Å². The highest BCUT2D eigenvalue weighted by Crippen LogP contribution is 2.33. The van der Waals surface area contributed by atoms with Crippen LogP contribution in [0.3, 0.4) is 0 Å². The second-order valence-electron chi connectivity index (χ2n) is 4.54. The molecule has 0 heterocycles. The van der Waals surface area contributed by atoms with Gasteiger partial charge in [0.1, 0.15) is 0 Å². The van der Waals surface area contributed by atoms with Crippen LogP contribution in [0, 0.1) is 0 Å². The van der Waals surface area contributed by atoms with Crippen LogP contribution in [0.25, 0.3) is 0 Å². The predicted molar refractivity (Wildman–Crippen MR) is 92.3 cm³/mol. The van der Waals surface area contributed by atoms with Crippen molar-refractivity contribution in [2.45, 2.75) is 6.04 Å². The molecule has 112 valence electrons. The van der Waals surface area contributed by atoms with Gasteiger partial charge in [0.15, 0.2) is 11.5 Å². The summed E-state index contributed by atoms with van der Waals surface area (Å²) in [6.45, 7) is 0. The summed E-state index contributed by atoms with van der Waals surface area (Å²) in [6, 6.07) is 12.2. The number of halogens is 2. The van der Waals surface area contributed by atoms with Gasteiger partial charge >= 0.3 is 0 Å². The smallest absolute Gasteiger partial charge is 0.161 e. The summed E-state index contributed by atoms with van der Waals surface area (Å²) in [4.78, 5) is 0. The van der Waals surface area contributed by atoms with Crippen LogP contribution in [0.5, 0.6) is 11.5 Å². The highest BCUT2D eigenvalue weighted by Gasteiger charge is 2.15. The molecule has 0 aliphatic heterocycles. The molecule has 2 rings (SSSR count). The number of rotatable bonds is 5. The second-order valence-corrected chi connectivity index (χ2v) is 6.37. The van der Waals surface area contributed by atoms with Crippen molar-refractivity contribution in [1.29, 1.82) is 0 Å². The molecule has 1 N–H and O–H groups in total. The van der Waals surface area contributed by atoms with Gasteiger partial charge in [0, 0.05) is 8.95 Å². The number of hydrogen-bond donors (Lipinski definition) is 1. The molecule has 0 aliphatic carbocycles. The summed E-state index contributed by atoms with van der Waals surface area (Å²) in [5, 5.41) is 3.34. The molecule has 0 saturated carbocycles. The van der Waals surface area contributed by atoms with Crippen LogP contribution in [-0.2, 0) is 0 Å². The monoisotopic (exact) mass is 413 g/mol. The minimum atomic E-state index is 0.0682. The molecule has 0 bridgehead atoms. The summed E-state index contributed by atoms with van der Waals surface area (Å²) in [7, 11) is 5.22. The maximum absolute atomic E-state index is 5.38. The van der Waals surface area contributed by atoms with Gasteiger partial charge in [0.25, 0.3) is 0 Å². The topological polar surface area (TPSA) is 30.5 Å². The summed E-state index contributed by atoms with van der Waals surface area (Å²) in [5.74, 6) is 1.45. The number of benzene rings is 2. The Morgan fingerprint density at radius 2 is 1.48 bits per heavy atom. The lowest BCUT2D eigenvalue weighted by atomic mass is 9.98. The van der Waals surface area contributed by atoms with Crippen LogP contribution in [0.1, 0.15) is 17.2 Å². The molecule has 21 heavy (non-hydrogen) atoms. The molecule has 2 aromatic carbocycles. The molecule has 1 unspecified atom stereocenters. The third-order valence-electron chi connectivity index (χ3n) is 3.25. The fourth-order valence-electron chi connectivity index (χ4n) is 2.30. The van der Waals surface area contributed by atoms with E-state index in [9.17, 15) is 0 Å². The van der Waals surface area contributed by atoms with Crippen LogP contribution < -0.4 is 14.8 Å². The third kappa shape index (κ3) is 3.78. The van der Waals surface area contributed by atoms with Crippen LogP contribution in [0.15, 0.2) is 45.3 Å². The summed E-state index contributed by atoms with van der Waals surface area (Å²) in [5.41, 5.74) is 2.27. The Bertz CT molecular complexity index is 611. The van der Waals surface area contributed by atoms with Crippen LogP contribution >= 0.6 is 31.9 Å². The standard InChI is InChI=1S/C16H17Br2NO2/c1-19-16(11-6-12(17)9-13(18)7-11)10-4-5-14(20-2)15(8-10)21-3/h4-9,16,19H,1-3H3. The zero-order chi connectivity index (χ0) is 15.4. The molecule has 5 heteroatoms. The van der Waals surface area contributed by atoms with E-state index < -0.39 is 0 Å². The van der Waals surface area contributed by atoms with Gasteiger partial charge in [0.2, 0.25) is 0 Å². The zero-order valence-corrected chi connectivity index (χ0v) is 15.3.